The predicted octanol–water partition coefficient (Wildman–Crippen LogP) is 1.51. The number of carbonyl (C=O) groups is 1. The highest BCUT2D eigenvalue weighted by Gasteiger charge is 2.15. The van der Waals surface area contributed by atoms with Crippen LogP contribution in [0.15, 0.2) is 39.9 Å². The molecule has 21 heavy (non-hydrogen) atoms. The molecule has 0 saturated carbocycles. The number of rotatable bonds is 5. The Morgan fingerprint density at radius 3 is 2.67 bits per heavy atom. The summed E-state index contributed by atoms with van der Waals surface area (Å²) in [4.78, 5) is 11.8. The number of primary sulfonamides is 1. The molecular formula is C13H13FN2O3S2. The first-order chi connectivity index (χ1) is 9.88. The van der Waals surface area contributed by atoms with Crippen LogP contribution >= 0.6 is 11.3 Å². The van der Waals surface area contributed by atoms with Crippen LogP contribution in [0.4, 0.5) is 4.39 Å². The van der Waals surface area contributed by atoms with E-state index in [-0.39, 0.29) is 22.1 Å². The first-order valence-corrected chi connectivity index (χ1v) is 8.43. The molecule has 0 aliphatic rings. The molecule has 0 fully saturated rings. The summed E-state index contributed by atoms with van der Waals surface area (Å²) in [5, 5.41) is 8.99. The van der Waals surface area contributed by atoms with Crippen molar-refractivity contribution in [3.63, 3.8) is 0 Å². The van der Waals surface area contributed by atoms with Crippen molar-refractivity contribution in [2.24, 2.45) is 5.14 Å². The highest BCUT2D eigenvalue weighted by Crippen LogP contribution is 2.18. The van der Waals surface area contributed by atoms with Gasteiger partial charge in [-0.3, -0.25) is 4.79 Å². The molecule has 1 amide bonds. The third kappa shape index (κ3) is 4.10. The van der Waals surface area contributed by atoms with Crippen molar-refractivity contribution in [2.75, 3.05) is 6.54 Å². The Morgan fingerprint density at radius 1 is 1.33 bits per heavy atom. The van der Waals surface area contributed by atoms with Crippen LogP contribution in [-0.4, -0.2) is 20.9 Å². The number of nitrogens with one attached hydrogen (secondary N) is 1. The molecule has 8 heteroatoms. The van der Waals surface area contributed by atoms with E-state index in [1.807, 2.05) is 0 Å². The van der Waals surface area contributed by atoms with Crippen molar-refractivity contribution in [1.29, 1.82) is 0 Å². The average molecular weight is 328 g/mol. The second kappa shape index (κ2) is 6.33. The lowest BCUT2D eigenvalue weighted by molar-refractivity contribution is 0.0954. The lowest BCUT2D eigenvalue weighted by Gasteiger charge is -2.04. The smallest absolute Gasteiger partial charge is 0.252 e. The number of amides is 1. The Hall–Kier alpha value is -1.77. The zero-order valence-corrected chi connectivity index (χ0v) is 12.5. The number of nitrogens with two attached hydrogens (primary N) is 1. The molecule has 0 unspecified atom stereocenters. The summed E-state index contributed by atoms with van der Waals surface area (Å²) in [7, 11) is -3.80. The number of halogens is 1. The van der Waals surface area contributed by atoms with Crippen LogP contribution in [0.1, 0.15) is 15.9 Å². The van der Waals surface area contributed by atoms with E-state index in [4.69, 9.17) is 5.14 Å². The minimum atomic E-state index is -3.80. The van der Waals surface area contributed by atoms with Crippen molar-refractivity contribution in [1.82, 2.24) is 5.32 Å². The van der Waals surface area contributed by atoms with Gasteiger partial charge in [0.25, 0.3) is 5.91 Å². The van der Waals surface area contributed by atoms with Crippen molar-refractivity contribution in [3.05, 3.63) is 52.7 Å². The molecule has 0 radical (unpaired) electrons. The molecule has 2 rings (SSSR count). The second-order valence-corrected chi connectivity index (χ2v) is 7.00. The van der Waals surface area contributed by atoms with Gasteiger partial charge in [0.1, 0.15) is 10.0 Å². The van der Waals surface area contributed by atoms with Crippen LogP contribution < -0.4 is 10.5 Å². The lowest BCUT2D eigenvalue weighted by atomic mass is 10.1. The zero-order valence-electron chi connectivity index (χ0n) is 10.9. The van der Waals surface area contributed by atoms with Crippen LogP contribution in [-0.2, 0) is 16.4 Å². The molecule has 1 heterocycles. The fourth-order valence-corrected chi connectivity index (χ4v) is 3.28. The Labute approximate surface area is 125 Å². The summed E-state index contributed by atoms with van der Waals surface area (Å²) in [5.41, 5.74) is 0.728. The van der Waals surface area contributed by atoms with Crippen LogP contribution in [0.25, 0.3) is 0 Å². The molecule has 0 aliphatic heterocycles. The van der Waals surface area contributed by atoms with Crippen LogP contribution in [0.5, 0.6) is 0 Å². The van der Waals surface area contributed by atoms with E-state index in [1.54, 1.807) is 18.2 Å². The topological polar surface area (TPSA) is 89.3 Å². The number of benzene rings is 1. The standard InChI is InChI=1S/C13H13FN2O3S2/c14-11-4-2-1-3-9(11)5-6-16-13(17)10-7-12(20-8-10)21(15,18)19/h1-4,7-8H,5-6H2,(H,16,17)(H2,15,18,19). The van der Waals surface area contributed by atoms with E-state index in [9.17, 15) is 17.6 Å². The van der Waals surface area contributed by atoms with Crippen molar-refractivity contribution < 1.29 is 17.6 Å². The fraction of sp³-hybridized carbons (Fsp3) is 0.154. The maximum atomic E-state index is 13.4. The van der Waals surface area contributed by atoms with Gasteiger partial charge >= 0.3 is 0 Å². The summed E-state index contributed by atoms with van der Waals surface area (Å²) in [6.45, 7) is 0.250. The summed E-state index contributed by atoms with van der Waals surface area (Å²) in [6.07, 6.45) is 0.352. The third-order valence-corrected chi connectivity index (χ3v) is 5.14. The summed E-state index contributed by atoms with van der Waals surface area (Å²) in [6, 6.07) is 7.53. The zero-order chi connectivity index (χ0) is 15.5. The minimum Gasteiger partial charge on any atom is -0.352 e. The van der Waals surface area contributed by atoms with Crippen molar-refractivity contribution in [3.8, 4) is 0 Å². The lowest BCUT2D eigenvalue weighted by Crippen LogP contribution is -2.25. The largest absolute Gasteiger partial charge is 0.352 e. The molecular weight excluding hydrogens is 315 g/mol. The molecule has 0 spiro atoms. The number of hydrogen-bond acceptors (Lipinski definition) is 4. The Morgan fingerprint density at radius 2 is 2.05 bits per heavy atom. The predicted molar refractivity (Wildman–Crippen MR) is 78.1 cm³/mol. The van der Waals surface area contributed by atoms with Gasteiger partial charge in [-0.15, -0.1) is 11.3 Å². The normalized spacial score (nSPS) is 11.3. The molecule has 2 aromatic rings. The monoisotopic (exact) mass is 328 g/mol. The van der Waals surface area contributed by atoms with Gasteiger partial charge in [-0.25, -0.2) is 17.9 Å². The highest BCUT2D eigenvalue weighted by molar-refractivity contribution is 7.91. The average Bonchev–Trinajstić information content (AvgIpc) is 2.90. The van der Waals surface area contributed by atoms with E-state index in [2.05, 4.69) is 5.32 Å². The van der Waals surface area contributed by atoms with Gasteiger partial charge in [-0.05, 0) is 24.1 Å². The minimum absolute atomic E-state index is 0.0678. The van der Waals surface area contributed by atoms with E-state index in [1.165, 1.54) is 17.5 Å². The summed E-state index contributed by atoms with van der Waals surface area (Å²) in [5.74, 6) is -0.740. The van der Waals surface area contributed by atoms with Gasteiger partial charge in [0.2, 0.25) is 10.0 Å². The molecule has 112 valence electrons. The molecule has 0 saturated heterocycles. The van der Waals surface area contributed by atoms with Crippen molar-refractivity contribution in [2.45, 2.75) is 10.6 Å². The number of sulfonamides is 1. The summed E-state index contributed by atoms with van der Waals surface area (Å²) < 4.78 is 35.6. The highest BCUT2D eigenvalue weighted by atomic mass is 32.2. The Kier molecular flexibility index (Phi) is 4.71. The van der Waals surface area contributed by atoms with Gasteiger partial charge < -0.3 is 5.32 Å². The molecule has 1 aromatic heterocycles. The molecule has 0 atom stereocenters. The Balaban J connectivity index is 1.94. The van der Waals surface area contributed by atoms with Crippen LogP contribution in [0, 0.1) is 5.82 Å². The van der Waals surface area contributed by atoms with E-state index in [0.29, 0.717) is 12.0 Å². The molecule has 3 N–H and O–H groups in total. The van der Waals surface area contributed by atoms with Gasteiger partial charge in [-0.1, -0.05) is 18.2 Å². The number of thiophene rings is 1. The molecule has 5 nitrogen and oxygen atoms in total. The third-order valence-electron chi connectivity index (χ3n) is 2.76. The van der Waals surface area contributed by atoms with Gasteiger partial charge in [0.15, 0.2) is 0 Å². The van der Waals surface area contributed by atoms with Crippen molar-refractivity contribution >= 4 is 27.3 Å². The number of hydrogen-bond donors (Lipinski definition) is 2. The first-order valence-electron chi connectivity index (χ1n) is 6.01. The van der Waals surface area contributed by atoms with Gasteiger partial charge in [-0.2, -0.15) is 0 Å². The summed E-state index contributed by atoms with van der Waals surface area (Å²) >= 11 is 0.883. The van der Waals surface area contributed by atoms with Crippen LogP contribution in [0.3, 0.4) is 0 Å². The molecule has 0 bridgehead atoms. The fourth-order valence-electron chi connectivity index (χ4n) is 1.70. The molecule has 0 aliphatic carbocycles. The maximum Gasteiger partial charge on any atom is 0.252 e. The van der Waals surface area contributed by atoms with Crippen LogP contribution in [0.2, 0.25) is 0 Å². The van der Waals surface area contributed by atoms with Gasteiger partial charge in [0.05, 0.1) is 5.56 Å². The second-order valence-electron chi connectivity index (χ2n) is 4.30. The quantitative estimate of drug-likeness (QED) is 0.872. The van der Waals surface area contributed by atoms with Gasteiger partial charge in [0, 0.05) is 11.9 Å². The maximum absolute atomic E-state index is 13.4. The Bertz CT molecular complexity index is 756. The SMILES string of the molecule is NS(=O)(=O)c1cc(C(=O)NCCc2ccccc2F)cs1. The van der Waals surface area contributed by atoms with E-state index in [0.717, 1.165) is 11.3 Å². The molecule has 1 aromatic carbocycles. The number of carbonyl (C=O) groups excluding carboxylic acids is 1. The van der Waals surface area contributed by atoms with E-state index < -0.39 is 15.9 Å². The first kappa shape index (κ1) is 15.6. The van der Waals surface area contributed by atoms with E-state index >= 15 is 0 Å².